The number of nitrogens with two attached hydrogens (primary N) is 1. The second kappa shape index (κ2) is 3.10. The first-order chi connectivity index (χ1) is 7.66. The Labute approximate surface area is 93.9 Å². The highest BCUT2D eigenvalue weighted by molar-refractivity contribution is 5.40. The summed E-state index contributed by atoms with van der Waals surface area (Å²) in [7, 11) is 1.99. The van der Waals surface area contributed by atoms with Gasteiger partial charge in [0.1, 0.15) is 0 Å². The predicted octanol–water partition coefficient (Wildman–Crippen LogP) is 1.04. The maximum atomic E-state index is 5.83. The normalized spacial score (nSPS) is 19.0. The average Bonchev–Trinajstić information content (AvgIpc) is 2.87. The van der Waals surface area contributed by atoms with Gasteiger partial charge < -0.3 is 5.73 Å². The second-order valence-electron chi connectivity index (χ2n) is 4.37. The average molecular weight is 217 g/mol. The van der Waals surface area contributed by atoms with Crippen molar-refractivity contribution in [3.05, 3.63) is 29.3 Å². The Kier molecular flexibility index (Phi) is 1.83. The summed E-state index contributed by atoms with van der Waals surface area (Å²) in [5, 5.41) is 8.74. The first kappa shape index (κ1) is 9.45. The smallest absolute Gasteiger partial charge is 0.0823 e. The molecule has 1 unspecified atom stereocenters. The van der Waals surface area contributed by atoms with E-state index in [1.807, 2.05) is 35.7 Å². The summed E-state index contributed by atoms with van der Waals surface area (Å²) in [6.07, 6.45) is 6.01. The Hall–Kier alpha value is -1.78. The van der Waals surface area contributed by atoms with E-state index in [-0.39, 0.29) is 0 Å². The number of rotatable bonds is 1. The van der Waals surface area contributed by atoms with Crippen LogP contribution in [0.2, 0.25) is 0 Å². The summed E-state index contributed by atoms with van der Waals surface area (Å²) in [6, 6.07) is 0.305. The standard InChI is InChI=1S/C11H15N5/c1-7-9(12)6-16(14-7)11-4-3-10-8(11)5-13-15(10)2/h5-6,11H,3-4,12H2,1-2H3. The number of fused-ring (bicyclic) bond motifs is 1. The van der Waals surface area contributed by atoms with E-state index in [0.29, 0.717) is 6.04 Å². The molecule has 1 aliphatic carbocycles. The van der Waals surface area contributed by atoms with Crippen LogP contribution in [0.4, 0.5) is 5.69 Å². The lowest BCUT2D eigenvalue weighted by atomic mass is 10.2. The van der Waals surface area contributed by atoms with Crippen molar-refractivity contribution in [1.29, 1.82) is 0 Å². The highest BCUT2D eigenvalue weighted by Crippen LogP contribution is 2.33. The molecule has 2 N–H and O–H groups in total. The predicted molar refractivity (Wildman–Crippen MR) is 61.0 cm³/mol. The zero-order valence-electron chi connectivity index (χ0n) is 9.51. The molecule has 0 spiro atoms. The molecule has 84 valence electrons. The molecule has 1 atom stereocenters. The van der Waals surface area contributed by atoms with Crippen LogP contribution in [0, 0.1) is 6.92 Å². The molecule has 2 aromatic heterocycles. The lowest BCUT2D eigenvalue weighted by molar-refractivity contribution is 0.514. The first-order valence-corrected chi connectivity index (χ1v) is 5.49. The number of aryl methyl sites for hydroxylation is 2. The Morgan fingerprint density at radius 3 is 3.00 bits per heavy atom. The molecule has 0 amide bonds. The number of anilines is 1. The van der Waals surface area contributed by atoms with Gasteiger partial charge in [-0.15, -0.1) is 0 Å². The minimum atomic E-state index is 0.305. The van der Waals surface area contributed by atoms with Gasteiger partial charge in [0.2, 0.25) is 0 Å². The Morgan fingerprint density at radius 2 is 2.31 bits per heavy atom. The first-order valence-electron chi connectivity index (χ1n) is 5.49. The van der Waals surface area contributed by atoms with Gasteiger partial charge in [-0.2, -0.15) is 10.2 Å². The van der Waals surface area contributed by atoms with Crippen LogP contribution < -0.4 is 5.73 Å². The highest BCUT2D eigenvalue weighted by Gasteiger charge is 2.27. The van der Waals surface area contributed by atoms with E-state index in [9.17, 15) is 0 Å². The van der Waals surface area contributed by atoms with Crippen molar-refractivity contribution in [2.24, 2.45) is 7.05 Å². The van der Waals surface area contributed by atoms with Crippen LogP contribution in [0.15, 0.2) is 12.4 Å². The summed E-state index contributed by atoms with van der Waals surface area (Å²) < 4.78 is 3.92. The van der Waals surface area contributed by atoms with Crippen LogP contribution in [-0.2, 0) is 13.5 Å². The number of nitrogens with zero attached hydrogens (tertiary/aromatic N) is 4. The molecular formula is C11H15N5. The third-order valence-corrected chi connectivity index (χ3v) is 3.38. The van der Waals surface area contributed by atoms with Gasteiger partial charge in [-0.3, -0.25) is 9.36 Å². The van der Waals surface area contributed by atoms with Crippen molar-refractivity contribution in [3.63, 3.8) is 0 Å². The fraction of sp³-hybridized carbons (Fsp3) is 0.455. The molecule has 5 nitrogen and oxygen atoms in total. The Bertz CT molecular complexity index is 517. The zero-order valence-corrected chi connectivity index (χ0v) is 9.51. The molecule has 16 heavy (non-hydrogen) atoms. The molecular weight excluding hydrogens is 202 g/mol. The second-order valence-corrected chi connectivity index (χ2v) is 4.37. The molecule has 0 saturated heterocycles. The van der Waals surface area contributed by atoms with E-state index in [4.69, 9.17) is 5.73 Å². The van der Waals surface area contributed by atoms with Crippen molar-refractivity contribution in [1.82, 2.24) is 19.6 Å². The van der Waals surface area contributed by atoms with Crippen molar-refractivity contribution in [2.45, 2.75) is 25.8 Å². The summed E-state index contributed by atoms with van der Waals surface area (Å²) in [6.45, 7) is 1.94. The van der Waals surface area contributed by atoms with Crippen molar-refractivity contribution in [3.8, 4) is 0 Å². The fourth-order valence-corrected chi connectivity index (χ4v) is 2.42. The van der Waals surface area contributed by atoms with E-state index in [1.54, 1.807) is 0 Å². The van der Waals surface area contributed by atoms with E-state index in [2.05, 4.69) is 10.2 Å². The van der Waals surface area contributed by atoms with Gasteiger partial charge >= 0.3 is 0 Å². The van der Waals surface area contributed by atoms with Gasteiger partial charge in [-0.25, -0.2) is 0 Å². The third-order valence-electron chi connectivity index (χ3n) is 3.38. The quantitative estimate of drug-likeness (QED) is 0.776. The molecule has 1 aliphatic rings. The molecule has 0 aromatic carbocycles. The van der Waals surface area contributed by atoms with Crippen LogP contribution in [-0.4, -0.2) is 19.6 Å². The molecule has 3 rings (SSSR count). The number of aromatic nitrogens is 4. The summed E-state index contributed by atoms with van der Waals surface area (Å²) in [4.78, 5) is 0. The molecule has 0 aliphatic heterocycles. The summed E-state index contributed by atoms with van der Waals surface area (Å²) >= 11 is 0. The van der Waals surface area contributed by atoms with Crippen LogP contribution in [0.25, 0.3) is 0 Å². The largest absolute Gasteiger partial charge is 0.396 e. The van der Waals surface area contributed by atoms with Crippen molar-refractivity contribution >= 4 is 5.69 Å². The molecule has 0 bridgehead atoms. The minimum Gasteiger partial charge on any atom is -0.396 e. The summed E-state index contributed by atoms with van der Waals surface area (Å²) in [5.74, 6) is 0. The van der Waals surface area contributed by atoms with E-state index < -0.39 is 0 Å². The Morgan fingerprint density at radius 1 is 1.50 bits per heavy atom. The number of hydrogen-bond donors (Lipinski definition) is 1. The van der Waals surface area contributed by atoms with Gasteiger partial charge in [0, 0.05) is 24.5 Å². The molecule has 0 saturated carbocycles. The topological polar surface area (TPSA) is 61.7 Å². The maximum absolute atomic E-state index is 5.83. The third kappa shape index (κ3) is 1.17. The van der Waals surface area contributed by atoms with Crippen molar-refractivity contribution < 1.29 is 0 Å². The molecule has 0 fully saturated rings. The van der Waals surface area contributed by atoms with Crippen molar-refractivity contribution in [2.75, 3.05) is 5.73 Å². The van der Waals surface area contributed by atoms with E-state index in [0.717, 1.165) is 24.2 Å². The Balaban J connectivity index is 2.04. The molecule has 5 heteroatoms. The monoisotopic (exact) mass is 217 g/mol. The molecule has 0 radical (unpaired) electrons. The molecule has 2 heterocycles. The fourth-order valence-electron chi connectivity index (χ4n) is 2.42. The van der Waals surface area contributed by atoms with Crippen LogP contribution in [0.5, 0.6) is 0 Å². The number of nitrogen functional groups attached to an aromatic ring is 1. The van der Waals surface area contributed by atoms with Crippen LogP contribution in [0.1, 0.15) is 29.4 Å². The van der Waals surface area contributed by atoms with Gasteiger partial charge in [0.05, 0.1) is 23.6 Å². The minimum absolute atomic E-state index is 0.305. The highest BCUT2D eigenvalue weighted by atomic mass is 15.3. The van der Waals surface area contributed by atoms with E-state index >= 15 is 0 Å². The van der Waals surface area contributed by atoms with Gasteiger partial charge in [-0.1, -0.05) is 0 Å². The summed E-state index contributed by atoms with van der Waals surface area (Å²) in [5.41, 5.74) is 10.1. The number of hydrogen-bond acceptors (Lipinski definition) is 3. The van der Waals surface area contributed by atoms with Gasteiger partial charge in [0.15, 0.2) is 0 Å². The maximum Gasteiger partial charge on any atom is 0.0823 e. The SMILES string of the molecule is Cc1nn(C2CCc3c2cnn3C)cc1N. The van der Waals surface area contributed by atoms with Crippen LogP contribution in [0.3, 0.4) is 0 Å². The van der Waals surface area contributed by atoms with Crippen LogP contribution >= 0.6 is 0 Å². The van der Waals surface area contributed by atoms with Gasteiger partial charge in [0.25, 0.3) is 0 Å². The lowest BCUT2D eigenvalue weighted by Crippen LogP contribution is -2.07. The zero-order chi connectivity index (χ0) is 11.3. The van der Waals surface area contributed by atoms with Gasteiger partial charge in [-0.05, 0) is 19.8 Å². The van der Waals surface area contributed by atoms with E-state index in [1.165, 1.54) is 11.3 Å². The molecule has 2 aromatic rings. The lowest BCUT2D eigenvalue weighted by Gasteiger charge is -2.09.